The highest BCUT2D eigenvalue weighted by Crippen LogP contribution is 2.26. The average Bonchev–Trinajstić information content (AvgIpc) is 3.60. The van der Waals surface area contributed by atoms with E-state index in [1.54, 1.807) is 0 Å². The van der Waals surface area contributed by atoms with Gasteiger partial charge in [0.25, 0.3) is 0 Å². The maximum absolute atomic E-state index is 12.7. The Morgan fingerprint density at radius 1 is 1.00 bits per heavy atom. The van der Waals surface area contributed by atoms with Gasteiger partial charge in [0.2, 0.25) is 12.0 Å². The van der Waals surface area contributed by atoms with Crippen molar-refractivity contribution in [3.05, 3.63) is 0 Å². The first-order valence-electron chi connectivity index (χ1n) is 13.6. The minimum absolute atomic E-state index is 0.0120. The van der Waals surface area contributed by atoms with Crippen LogP contribution < -0.4 is 16.8 Å². The van der Waals surface area contributed by atoms with Gasteiger partial charge in [-0.05, 0) is 58.0 Å². The Bertz CT molecular complexity index is 885. The zero-order valence-corrected chi connectivity index (χ0v) is 23.5. The van der Waals surface area contributed by atoms with Gasteiger partial charge in [-0.15, -0.1) is 0 Å². The van der Waals surface area contributed by atoms with Crippen LogP contribution in [0.25, 0.3) is 0 Å². The van der Waals surface area contributed by atoms with Gasteiger partial charge in [0.1, 0.15) is 18.1 Å². The van der Waals surface area contributed by atoms with Gasteiger partial charge in [-0.25, -0.2) is 14.4 Å². The molecule has 14 heteroatoms. The first-order valence-corrected chi connectivity index (χ1v) is 13.6. The van der Waals surface area contributed by atoms with Crippen LogP contribution in [0.1, 0.15) is 71.6 Å². The Balaban J connectivity index is 0.000000850. The fourth-order valence-electron chi connectivity index (χ4n) is 4.41. The number of likely N-dealkylation sites (N-methyl/N-ethyl adjacent to an activating group) is 1. The highest BCUT2D eigenvalue weighted by molar-refractivity contribution is 5.91. The molecule has 0 spiro atoms. The van der Waals surface area contributed by atoms with Gasteiger partial charge in [0.05, 0.1) is 5.92 Å². The number of hydrogen-bond donors (Lipinski definition) is 5. The first-order chi connectivity index (χ1) is 18.7. The summed E-state index contributed by atoms with van der Waals surface area (Å²) in [5, 5.41) is 20.7. The lowest BCUT2D eigenvalue weighted by molar-refractivity contribution is -0.170. The fourth-order valence-corrected chi connectivity index (χ4v) is 4.41. The van der Waals surface area contributed by atoms with E-state index >= 15 is 0 Å². The third kappa shape index (κ3) is 12.8. The molecule has 1 saturated heterocycles. The van der Waals surface area contributed by atoms with Crippen molar-refractivity contribution < 1.29 is 48.5 Å². The highest BCUT2D eigenvalue weighted by atomic mass is 16.6. The van der Waals surface area contributed by atoms with E-state index in [0.717, 1.165) is 32.2 Å². The van der Waals surface area contributed by atoms with E-state index in [0.29, 0.717) is 12.8 Å². The van der Waals surface area contributed by atoms with Crippen molar-refractivity contribution >= 4 is 35.8 Å². The molecular formula is C26H44N4O10. The van der Waals surface area contributed by atoms with Gasteiger partial charge in [0, 0.05) is 13.0 Å². The molecular weight excluding hydrogens is 528 g/mol. The van der Waals surface area contributed by atoms with Gasteiger partial charge in [-0.1, -0.05) is 26.7 Å². The number of aliphatic carboxylic acids is 2. The van der Waals surface area contributed by atoms with Crippen molar-refractivity contribution in [1.29, 1.82) is 0 Å². The summed E-state index contributed by atoms with van der Waals surface area (Å²) in [4.78, 5) is 71.1. The molecule has 2 aliphatic rings. The number of primary amides is 1. The number of rotatable bonds is 14. The molecule has 14 nitrogen and oxygen atoms in total. The molecule has 2 rings (SSSR count). The van der Waals surface area contributed by atoms with Gasteiger partial charge in [-0.2, -0.15) is 0 Å². The van der Waals surface area contributed by atoms with Gasteiger partial charge >= 0.3 is 29.8 Å². The van der Waals surface area contributed by atoms with Crippen molar-refractivity contribution in [2.45, 2.75) is 95.9 Å². The van der Waals surface area contributed by atoms with E-state index in [1.807, 2.05) is 13.8 Å². The molecule has 1 aliphatic heterocycles. The molecule has 0 radical (unpaired) electrons. The molecule has 7 N–H and O–H groups in total. The number of carboxylic acid groups (broad SMARTS) is 2. The second kappa shape index (κ2) is 17.6. The lowest BCUT2D eigenvalue weighted by Gasteiger charge is -2.29. The van der Waals surface area contributed by atoms with Crippen LogP contribution in [0, 0.1) is 11.8 Å². The first kappa shape index (κ1) is 34.9. The summed E-state index contributed by atoms with van der Waals surface area (Å²) >= 11 is 0. The van der Waals surface area contributed by atoms with Crippen LogP contribution in [-0.4, -0.2) is 95.2 Å². The van der Waals surface area contributed by atoms with E-state index < -0.39 is 53.9 Å². The minimum Gasteiger partial charge on any atom is -0.480 e. The zero-order valence-electron chi connectivity index (χ0n) is 23.5. The number of carboxylic acids is 2. The number of amides is 1. The van der Waals surface area contributed by atoms with Crippen molar-refractivity contribution in [3.8, 4) is 0 Å². The number of nitrogens with one attached hydrogen (secondary N) is 1. The molecule has 1 unspecified atom stereocenters. The van der Waals surface area contributed by atoms with Gasteiger partial charge in [-0.3, -0.25) is 19.3 Å². The Labute approximate surface area is 234 Å². The summed E-state index contributed by atoms with van der Waals surface area (Å²) in [6.45, 7) is 4.30. The quantitative estimate of drug-likeness (QED) is 0.137. The topological polar surface area (TPSA) is 229 Å². The van der Waals surface area contributed by atoms with E-state index in [4.69, 9.17) is 26.0 Å². The highest BCUT2D eigenvalue weighted by Gasteiger charge is 2.35. The standard InChI is InChI=1S/C21H35N3O8.C5H9NO2/c1-12(2)10-15(21(30)32-20(29)14(22)8-9-17(23)25)24(3)11-16(18(26)27)31-19(28)13-6-4-5-7-13;7-5(8)4-2-1-3-6-4/h12-16H,4-11,22H2,1-3H3,(H2,23,25)(H,26,27);4,6H,1-3H2,(H,7,8)/t14-,15-,16?;4-/m00/s1. The molecule has 4 atom stereocenters. The number of esters is 3. The number of nitrogens with zero attached hydrogens (tertiary/aromatic N) is 1. The van der Waals surface area contributed by atoms with E-state index in [-0.39, 0.29) is 43.7 Å². The van der Waals surface area contributed by atoms with Crippen LogP contribution in [0.15, 0.2) is 0 Å². The van der Waals surface area contributed by atoms with Crippen LogP contribution in [0.4, 0.5) is 0 Å². The third-order valence-electron chi connectivity index (χ3n) is 6.74. The molecule has 1 saturated carbocycles. The van der Waals surface area contributed by atoms with Crippen molar-refractivity contribution in [2.75, 3.05) is 20.1 Å². The summed E-state index contributed by atoms with van der Waals surface area (Å²) in [5.74, 6) is -5.43. The summed E-state index contributed by atoms with van der Waals surface area (Å²) in [6.07, 6.45) is 3.52. The molecule has 40 heavy (non-hydrogen) atoms. The average molecular weight is 573 g/mol. The second-order valence-electron chi connectivity index (χ2n) is 10.7. The van der Waals surface area contributed by atoms with E-state index in [2.05, 4.69) is 5.32 Å². The summed E-state index contributed by atoms with van der Waals surface area (Å²) < 4.78 is 10.1. The second-order valence-corrected chi connectivity index (χ2v) is 10.7. The molecule has 1 aliphatic carbocycles. The van der Waals surface area contributed by atoms with Crippen LogP contribution in [-0.2, 0) is 38.2 Å². The monoisotopic (exact) mass is 572 g/mol. The van der Waals surface area contributed by atoms with E-state index in [1.165, 1.54) is 11.9 Å². The molecule has 0 aromatic rings. The Morgan fingerprint density at radius 3 is 2.08 bits per heavy atom. The SMILES string of the molecule is CC(C)C[C@@H](C(=O)OC(=O)[C@@H](N)CCC(N)=O)N(C)CC(OC(=O)C1CCCC1)C(=O)O.O=C(O)[C@@H]1CCCN1. The Kier molecular flexibility index (Phi) is 15.3. The minimum atomic E-state index is -1.47. The molecule has 1 heterocycles. The number of ether oxygens (including phenoxy) is 2. The third-order valence-corrected chi connectivity index (χ3v) is 6.74. The predicted molar refractivity (Wildman–Crippen MR) is 142 cm³/mol. The zero-order chi connectivity index (χ0) is 30.4. The van der Waals surface area contributed by atoms with Crippen LogP contribution in [0.3, 0.4) is 0 Å². The summed E-state index contributed by atoms with van der Waals surface area (Å²) in [6, 6.07) is -2.43. The lowest BCUT2D eigenvalue weighted by Crippen LogP contribution is -2.48. The molecule has 0 aromatic heterocycles. The predicted octanol–water partition coefficient (Wildman–Crippen LogP) is 0.00510. The van der Waals surface area contributed by atoms with Crippen molar-refractivity contribution in [2.24, 2.45) is 23.3 Å². The summed E-state index contributed by atoms with van der Waals surface area (Å²) in [7, 11) is 1.49. The molecule has 0 aromatic carbocycles. The summed E-state index contributed by atoms with van der Waals surface area (Å²) in [5.41, 5.74) is 10.7. The fraction of sp³-hybridized carbons (Fsp3) is 0.769. The van der Waals surface area contributed by atoms with Crippen LogP contribution in [0.2, 0.25) is 0 Å². The number of carbonyl (C=O) groups is 6. The van der Waals surface area contributed by atoms with Crippen LogP contribution in [0.5, 0.6) is 0 Å². The maximum atomic E-state index is 12.7. The maximum Gasteiger partial charge on any atom is 0.346 e. The molecule has 228 valence electrons. The largest absolute Gasteiger partial charge is 0.480 e. The number of nitrogens with two attached hydrogens (primary N) is 2. The van der Waals surface area contributed by atoms with Crippen molar-refractivity contribution in [3.63, 3.8) is 0 Å². The van der Waals surface area contributed by atoms with E-state index in [9.17, 15) is 33.9 Å². The van der Waals surface area contributed by atoms with Gasteiger partial charge < -0.3 is 36.5 Å². The molecule has 2 fully saturated rings. The van der Waals surface area contributed by atoms with Gasteiger partial charge in [0.15, 0.2) is 0 Å². The Hall–Kier alpha value is -3.10. The van der Waals surface area contributed by atoms with Crippen molar-refractivity contribution in [1.82, 2.24) is 10.2 Å². The molecule has 0 bridgehead atoms. The number of carbonyl (C=O) groups excluding carboxylic acids is 4. The lowest BCUT2D eigenvalue weighted by atomic mass is 10.0. The number of hydrogen-bond acceptors (Lipinski definition) is 11. The molecule has 1 amide bonds. The van der Waals surface area contributed by atoms with Crippen LogP contribution >= 0.6 is 0 Å². The Morgan fingerprint density at radius 2 is 1.62 bits per heavy atom. The smallest absolute Gasteiger partial charge is 0.346 e. The normalized spacial score (nSPS) is 19.3.